The minimum Gasteiger partial charge on any atom is -0.453 e. The molecule has 26 heavy (non-hydrogen) atoms. The predicted molar refractivity (Wildman–Crippen MR) is 101 cm³/mol. The maximum atomic E-state index is 14.7. The standard InChI is InChI=1S/C17H12Cl2FN3O2S/c18-11-3-9(6-21)4-12(5-11)25-16-13(19)2-1-10(15(16)20)7-23-17(24)14(22)8-26/h1-5,8,26H,7,22H2,(H,23,24)/b14-8-. The van der Waals surface area contributed by atoms with E-state index in [0.29, 0.717) is 0 Å². The summed E-state index contributed by atoms with van der Waals surface area (Å²) in [4.78, 5) is 11.6. The summed E-state index contributed by atoms with van der Waals surface area (Å²) in [6.45, 7) is -0.139. The van der Waals surface area contributed by atoms with E-state index in [2.05, 4.69) is 17.9 Å². The highest BCUT2D eigenvalue weighted by atomic mass is 35.5. The third kappa shape index (κ3) is 4.82. The van der Waals surface area contributed by atoms with Crippen LogP contribution in [0.2, 0.25) is 10.0 Å². The molecule has 0 aliphatic heterocycles. The first-order valence-electron chi connectivity index (χ1n) is 7.09. The van der Waals surface area contributed by atoms with Crippen LogP contribution < -0.4 is 15.8 Å². The third-order valence-electron chi connectivity index (χ3n) is 3.19. The molecule has 0 saturated carbocycles. The number of rotatable bonds is 5. The average Bonchev–Trinajstić information content (AvgIpc) is 2.63. The van der Waals surface area contributed by atoms with Crippen molar-refractivity contribution in [3.8, 4) is 17.6 Å². The number of ether oxygens (including phenoxy) is 1. The zero-order valence-corrected chi connectivity index (χ0v) is 15.5. The van der Waals surface area contributed by atoms with Crippen molar-refractivity contribution in [1.82, 2.24) is 5.32 Å². The van der Waals surface area contributed by atoms with E-state index in [4.69, 9.17) is 38.9 Å². The second-order valence-corrected chi connectivity index (χ2v) is 6.11. The SMILES string of the molecule is N#Cc1cc(Cl)cc(Oc2c(Cl)ccc(CNC(=O)/C(N)=C/S)c2F)c1. The second-order valence-electron chi connectivity index (χ2n) is 5.01. The van der Waals surface area contributed by atoms with Crippen LogP contribution in [-0.4, -0.2) is 5.91 Å². The predicted octanol–water partition coefficient (Wildman–Crippen LogP) is 4.14. The van der Waals surface area contributed by atoms with Crippen molar-refractivity contribution in [2.75, 3.05) is 0 Å². The lowest BCUT2D eigenvalue weighted by molar-refractivity contribution is -0.117. The Morgan fingerprint density at radius 3 is 2.77 bits per heavy atom. The highest BCUT2D eigenvalue weighted by Crippen LogP contribution is 2.35. The lowest BCUT2D eigenvalue weighted by atomic mass is 10.2. The van der Waals surface area contributed by atoms with Crippen molar-refractivity contribution in [2.45, 2.75) is 6.54 Å². The maximum Gasteiger partial charge on any atom is 0.267 e. The molecular weight excluding hydrogens is 400 g/mol. The lowest BCUT2D eigenvalue weighted by Crippen LogP contribution is -2.28. The van der Waals surface area contributed by atoms with E-state index in [-0.39, 0.29) is 44.9 Å². The molecule has 5 nitrogen and oxygen atoms in total. The van der Waals surface area contributed by atoms with E-state index in [1.807, 2.05) is 6.07 Å². The Bertz CT molecular complexity index is 929. The van der Waals surface area contributed by atoms with Crippen molar-refractivity contribution >= 4 is 41.7 Å². The van der Waals surface area contributed by atoms with Gasteiger partial charge in [0.15, 0.2) is 11.6 Å². The average molecular weight is 412 g/mol. The van der Waals surface area contributed by atoms with Crippen LogP contribution in [0.4, 0.5) is 4.39 Å². The first kappa shape index (κ1) is 19.9. The van der Waals surface area contributed by atoms with Gasteiger partial charge in [0.1, 0.15) is 11.4 Å². The van der Waals surface area contributed by atoms with Gasteiger partial charge in [0.25, 0.3) is 5.91 Å². The first-order valence-corrected chi connectivity index (χ1v) is 8.36. The number of benzene rings is 2. The zero-order valence-electron chi connectivity index (χ0n) is 13.1. The number of nitrogens with zero attached hydrogens (tertiary/aromatic N) is 1. The van der Waals surface area contributed by atoms with E-state index in [1.54, 1.807) is 0 Å². The van der Waals surface area contributed by atoms with Gasteiger partial charge in [-0.3, -0.25) is 4.79 Å². The molecular formula is C17H12Cl2FN3O2S. The molecule has 0 aliphatic rings. The van der Waals surface area contributed by atoms with Crippen molar-refractivity contribution in [3.63, 3.8) is 0 Å². The van der Waals surface area contributed by atoms with Crippen LogP contribution in [0, 0.1) is 17.1 Å². The smallest absolute Gasteiger partial charge is 0.267 e. The Kier molecular flexibility index (Phi) is 6.75. The normalized spacial score (nSPS) is 11.0. The van der Waals surface area contributed by atoms with Gasteiger partial charge in [0, 0.05) is 17.1 Å². The van der Waals surface area contributed by atoms with Gasteiger partial charge in [0.2, 0.25) is 0 Å². The second kappa shape index (κ2) is 8.81. The monoisotopic (exact) mass is 411 g/mol. The van der Waals surface area contributed by atoms with Crippen LogP contribution in [0.25, 0.3) is 0 Å². The number of thiol groups is 1. The number of hydrogen-bond donors (Lipinski definition) is 3. The van der Waals surface area contributed by atoms with Crippen molar-refractivity contribution in [1.29, 1.82) is 5.26 Å². The molecule has 2 aromatic carbocycles. The number of carbonyl (C=O) groups is 1. The molecule has 0 bridgehead atoms. The molecule has 0 atom stereocenters. The lowest BCUT2D eigenvalue weighted by Gasteiger charge is -2.13. The number of carbonyl (C=O) groups excluding carboxylic acids is 1. The molecule has 0 aromatic heterocycles. The summed E-state index contributed by atoms with van der Waals surface area (Å²) in [5, 5.41) is 12.8. The van der Waals surface area contributed by atoms with Crippen LogP contribution in [0.15, 0.2) is 41.4 Å². The summed E-state index contributed by atoms with van der Waals surface area (Å²) in [5.74, 6) is -1.45. The molecule has 3 N–H and O–H groups in total. The topological polar surface area (TPSA) is 88.1 Å². The van der Waals surface area contributed by atoms with E-state index < -0.39 is 11.7 Å². The van der Waals surface area contributed by atoms with E-state index in [9.17, 15) is 9.18 Å². The van der Waals surface area contributed by atoms with Gasteiger partial charge in [-0.05, 0) is 29.7 Å². The largest absolute Gasteiger partial charge is 0.453 e. The zero-order chi connectivity index (χ0) is 19.3. The van der Waals surface area contributed by atoms with Gasteiger partial charge in [-0.1, -0.05) is 29.3 Å². The molecule has 0 unspecified atom stereocenters. The van der Waals surface area contributed by atoms with Crippen LogP contribution >= 0.6 is 35.8 Å². The molecule has 1 amide bonds. The number of halogens is 3. The number of hydrogen-bond acceptors (Lipinski definition) is 5. The van der Waals surface area contributed by atoms with Gasteiger partial charge in [-0.15, -0.1) is 12.6 Å². The summed E-state index contributed by atoms with van der Waals surface area (Å²) in [5.41, 5.74) is 5.68. The highest BCUT2D eigenvalue weighted by Gasteiger charge is 2.16. The van der Waals surface area contributed by atoms with E-state index in [1.165, 1.54) is 30.3 Å². The Balaban J connectivity index is 2.28. The molecule has 134 valence electrons. The van der Waals surface area contributed by atoms with Crippen molar-refractivity contribution in [3.05, 3.63) is 68.4 Å². The van der Waals surface area contributed by atoms with Crippen molar-refractivity contribution < 1.29 is 13.9 Å². The number of amides is 1. The number of nitrogens with one attached hydrogen (secondary N) is 1. The van der Waals surface area contributed by atoms with Crippen LogP contribution in [-0.2, 0) is 11.3 Å². The minimum atomic E-state index is -0.760. The highest BCUT2D eigenvalue weighted by molar-refractivity contribution is 7.83. The number of nitrogens with two attached hydrogens (primary N) is 1. The van der Waals surface area contributed by atoms with Crippen LogP contribution in [0.3, 0.4) is 0 Å². The summed E-state index contributed by atoms with van der Waals surface area (Å²) in [7, 11) is 0. The third-order valence-corrected chi connectivity index (χ3v) is 3.98. The van der Waals surface area contributed by atoms with Gasteiger partial charge in [-0.25, -0.2) is 4.39 Å². The van der Waals surface area contributed by atoms with E-state index in [0.717, 1.165) is 5.41 Å². The quantitative estimate of drug-likeness (QED) is 0.509. The summed E-state index contributed by atoms with van der Waals surface area (Å²) < 4.78 is 20.2. The summed E-state index contributed by atoms with van der Waals surface area (Å²) in [6.07, 6.45) is 0. The molecule has 2 aromatic rings. The molecule has 0 heterocycles. The van der Waals surface area contributed by atoms with Gasteiger partial charge in [-0.2, -0.15) is 5.26 Å². The Morgan fingerprint density at radius 1 is 1.38 bits per heavy atom. The van der Waals surface area contributed by atoms with Gasteiger partial charge in [0.05, 0.1) is 16.7 Å². The van der Waals surface area contributed by atoms with Crippen molar-refractivity contribution in [2.24, 2.45) is 5.73 Å². The van der Waals surface area contributed by atoms with Gasteiger partial charge >= 0.3 is 0 Å². The fraction of sp³-hybridized carbons (Fsp3) is 0.0588. The first-order chi connectivity index (χ1) is 12.3. The number of nitriles is 1. The molecule has 0 spiro atoms. The summed E-state index contributed by atoms with van der Waals surface area (Å²) >= 11 is 15.7. The molecule has 0 radical (unpaired) electrons. The Labute approximate surface area is 164 Å². The summed E-state index contributed by atoms with van der Waals surface area (Å²) in [6, 6.07) is 9.01. The van der Waals surface area contributed by atoms with Crippen LogP contribution in [0.1, 0.15) is 11.1 Å². The fourth-order valence-corrected chi connectivity index (χ4v) is 2.47. The van der Waals surface area contributed by atoms with Crippen LogP contribution in [0.5, 0.6) is 11.5 Å². The van der Waals surface area contributed by atoms with E-state index >= 15 is 0 Å². The Hall–Kier alpha value is -2.40. The molecule has 0 aliphatic carbocycles. The molecule has 2 rings (SSSR count). The maximum absolute atomic E-state index is 14.7. The molecule has 9 heteroatoms. The van der Waals surface area contributed by atoms with Gasteiger partial charge < -0.3 is 15.8 Å². The fourth-order valence-electron chi connectivity index (χ4n) is 1.94. The molecule has 0 fully saturated rings. The minimum absolute atomic E-state index is 0.0193. The Morgan fingerprint density at radius 2 is 2.12 bits per heavy atom. The molecule has 0 saturated heterocycles.